The van der Waals surface area contributed by atoms with Crippen LogP contribution in [0.1, 0.15) is 32.8 Å². The van der Waals surface area contributed by atoms with E-state index in [-0.39, 0.29) is 5.75 Å². The standard InChI is InChI=1S/C15H23ClN2O3/c1-15(2,3)21-14(20)18-9-5-8-17-10-11-6-4-7-12(16)13(11)19/h4,6-7,17,19H,5,8-10H2,1-3H3,(H,18,20). The van der Waals surface area contributed by atoms with E-state index in [1.165, 1.54) is 0 Å². The van der Waals surface area contributed by atoms with Crippen molar-refractivity contribution in [3.05, 3.63) is 28.8 Å². The average molecular weight is 315 g/mol. The molecule has 1 amide bonds. The lowest BCUT2D eigenvalue weighted by Gasteiger charge is -2.19. The number of hydrogen-bond acceptors (Lipinski definition) is 4. The molecule has 0 heterocycles. The Morgan fingerprint density at radius 2 is 2.05 bits per heavy atom. The normalized spacial score (nSPS) is 11.2. The van der Waals surface area contributed by atoms with Gasteiger partial charge in [0.05, 0.1) is 5.02 Å². The minimum atomic E-state index is -0.480. The van der Waals surface area contributed by atoms with Gasteiger partial charge in [-0.2, -0.15) is 0 Å². The number of aromatic hydroxyl groups is 1. The molecule has 0 radical (unpaired) electrons. The number of carbonyl (C=O) groups is 1. The summed E-state index contributed by atoms with van der Waals surface area (Å²) in [7, 11) is 0. The second-order valence-electron chi connectivity index (χ2n) is 5.71. The maximum Gasteiger partial charge on any atom is 0.407 e. The summed E-state index contributed by atoms with van der Waals surface area (Å²) in [6, 6.07) is 5.25. The number of halogens is 1. The molecule has 0 aliphatic rings. The van der Waals surface area contributed by atoms with E-state index < -0.39 is 11.7 Å². The number of phenolic OH excluding ortho intramolecular Hbond substituents is 1. The molecule has 0 saturated carbocycles. The number of amides is 1. The van der Waals surface area contributed by atoms with Gasteiger partial charge in [0.1, 0.15) is 11.4 Å². The lowest BCUT2D eigenvalue weighted by molar-refractivity contribution is 0.0527. The van der Waals surface area contributed by atoms with Crippen LogP contribution in [0.3, 0.4) is 0 Å². The lowest BCUT2D eigenvalue weighted by Crippen LogP contribution is -2.33. The molecule has 5 nitrogen and oxygen atoms in total. The molecule has 1 rings (SSSR count). The van der Waals surface area contributed by atoms with Crippen LogP contribution in [-0.4, -0.2) is 29.9 Å². The maximum atomic E-state index is 11.4. The largest absolute Gasteiger partial charge is 0.506 e. The Labute approximate surface area is 130 Å². The number of ether oxygens (including phenoxy) is 1. The molecule has 0 saturated heterocycles. The Balaban J connectivity index is 2.15. The van der Waals surface area contributed by atoms with Gasteiger partial charge in [0, 0.05) is 18.7 Å². The molecular weight excluding hydrogens is 292 g/mol. The number of nitrogens with one attached hydrogen (secondary N) is 2. The Morgan fingerprint density at radius 1 is 1.33 bits per heavy atom. The van der Waals surface area contributed by atoms with E-state index in [4.69, 9.17) is 16.3 Å². The van der Waals surface area contributed by atoms with Gasteiger partial charge < -0.3 is 20.5 Å². The molecule has 118 valence electrons. The van der Waals surface area contributed by atoms with Gasteiger partial charge in [0.15, 0.2) is 0 Å². The van der Waals surface area contributed by atoms with Gasteiger partial charge in [-0.25, -0.2) is 4.79 Å². The summed E-state index contributed by atoms with van der Waals surface area (Å²) >= 11 is 5.82. The predicted octanol–water partition coefficient (Wildman–Crippen LogP) is 3.05. The monoisotopic (exact) mass is 314 g/mol. The second-order valence-corrected chi connectivity index (χ2v) is 6.11. The van der Waals surface area contributed by atoms with E-state index in [0.29, 0.717) is 24.7 Å². The van der Waals surface area contributed by atoms with E-state index in [2.05, 4.69) is 10.6 Å². The van der Waals surface area contributed by atoms with Crippen molar-refractivity contribution in [1.29, 1.82) is 0 Å². The number of hydrogen-bond donors (Lipinski definition) is 3. The van der Waals surface area contributed by atoms with Crippen molar-refractivity contribution < 1.29 is 14.6 Å². The first-order chi connectivity index (χ1) is 9.79. The van der Waals surface area contributed by atoms with Gasteiger partial charge in [-0.1, -0.05) is 23.7 Å². The van der Waals surface area contributed by atoms with Gasteiger partial charge >= 0.3 is 6.09 Å². The minimum Gasteiger partial charge on any atom is -0.506 e. The van der Waals surface area contributed by atoms with Gasteiger partial charge in [-0.05, 0) is 39.8 Å². The highest BCUT2D eigenvalue weighted by atomic mass is 35.5. The summed E-state index contributed by atoms with van der Waals surface area (Å²) < 4.78 is 5.12. The number of carbonyl (C=O) groups excluding carboxylic acids is 1. The van der Waals surface area contributed by atoms with Crippen molar-refractivity contribution in [1.82, 2.24) is 10.6 Å². The van der Waals surface area contributed by atoms with Gasteiger partial charge in [0.25, 0.3) is 0 Å². The van der Waals surface area contributed by atoms with E-state index in [0.717, 1.165) is 12.0 Å². The fourth-order valence-electron chi connectivity index (χ4n) is 1.64. The van der Waals surface area contributed by atoms with Crippen LogP contribution in [0.2, 0.25) is 5.02 Å². The first-order valence-electron chi connectivity index (χ1n) is 6.93. The summed E-state index contributed by atoms with van der Waals surface area (Å²) in [5, 5.41) is 16.0. The number of alkyl carbamates (subject to hydrolysis) is 1. The third-order valence-corrected chi connectivity index (χ3v) is 2.89. The highest BCUT2D eigenvalue weighted by molar-refractivity contribution is 6.32. The zero-order valence-corrected chi connectivity index (χ0v) is 13.5. The molecule has 0 bridgehead atoms. The molecule has 21 heavy (non-hydrogen) atoms. The molecule has 0 aliphatic carbocycles. The summed E-state index contributed by atoms with van der Waals surface area (Å²) in [6.45, 7) is 7.24. The third kappa shape index (κ3) is 7.20. The number of phenols is 1. The molecule has 1 aromatic rings. The predicted molar refractivity (Wildman–Crippen MR) is 83.7 cm³/mol. The van der Waals surface area contributed by atoms with Gasteiger partial charge in [0.2, 0.25) is 0 Å². The number of para-hydroxylation sites is 1. The average Bonchev–Trinajstić information content (AvgIpc) is 2.36. The van der Waals surface area contributed by atoms with Crippen LogP contribution in [-0.2, 0) is 11.3 Å². The van der Waals surface area contributed by atoms with E-state index in [9.17, 15) is 9.90 Å². The Morgan fingerprint density at radius 3 is 2.71 bits per heavy atom. The lowest BCUT2D eigenvalue weighted by atomic mass is 10.2. The number of rotatable bonds is 6. The Hall–Kier alpha value is -1.46. The van der Waals surface area contributed by atoms with E-state index in [1.54, 1.807) is 12.1 Å². The van der Waals surface area contributed by atoms with Crippen molar-refractivity contribution in [2.75, 3.05) is 13.1 Å². The highest BCUT2D eigenvalue weighted by Crippen LogP contribution is 2.26. The highest BCUT2D eigenvalue weighted by Gasteiger charge is 2.15. The van der Waals surface area contributed by atoms with Crippen molar-refractivity contribution in [2.45, 2.75) is 39.3 Å². The van der Waals surface area contributed by atoms with Crippen LogP contribution in [0.15, 0.2) is 18.2 Å². The molecule has 1 aromatic carbocycles. The smallest absolute Gasteiger partial charge is 0.407 e. The molecule has 0 unspecified atom stereocenters. The fraction of sp³-hybridized carbons (Fsp3) is 0.533. The van der Waals surface area contributed by atoms with Crippen molar-refractivity contribution in [3.8, 4) is 5.75 Å². The van der Waals surface area contributed by atoms with E-state index >= 15 is 0 Å². The zero-order valence-electron chi connectivity index (χ0n) is 12.7. The molecular formula is C15H23ClN2O3. The quantitative estimate of drug-likeness (QED) is 0.706. The molecule has 0 aromatic heterocycles. The molecule has 0 aliphatic heterocycles. The molecule has 0 atom stereocenters. The van der Waals surface area contributed by atoms with Crippen LogP contribution in [0.25, 0.3) is 0 Å². The van der Waals surface area contributed by atoms with Crippen LogP contribution in [0, 0.1) is 0 Å². The van der Waals surface area contributed by atoms with Crippen LogP contribution in [0.4, 0.5) is 4.79 Å². The summed E-state index contributed by atoms with van der Waals surface area (Å²) in [5.74, 6) is 0.110. The van der Waals surface area contributed by atoms with Crippen LogP contribution < -0.4 is 10.6 Å². The third-order valence-electron chi connectivity index (χ3n) is 2.58. The van der Waals surface area contributed by atoms with Crippen molar-refractivity contribution in [3.63, 3.8) is 0 Å². The second kappa shape index (κ2) is 8.10. The maximum absolute atomic E-state index is 11.4. The Kier molecular flexibility index (Phi) is 6.78. The summed E-state index contributed by atoms with van der Waals surface area (Å²) in [4.78, 5) is 11.4. The topological polar surface area (TPSA) is 70.6 Å². The molecule has 0 fully saturated rings. The van der Waals surface area contributed by atoms with Crippen LogP contribution >= 0.6 is 11.6 Å². The van der Waals surface area contributed by atoms with Gasteiger partial charge in [-0.3, -0.25) is 0 Å². The SMILES string of the molecule is CC(C)(C)OC(=O)NCCCNCc1cccc(Cl)c1O. The number of benzene rings is 1. The zero-order chi connectivity index (χ0) is 15.9. The van der Waals surface area contributed by atoms with Gasteiger partial charge in [-0.15, -0.1) is 0 Å². The molecule has 3 N–H and O–H groups in total. The fourth-order valence-corrected chi connectivity index (χ4v) is 1.84. The van der Waals surface area contributed by atoms with E-state index in [1.807, 2.05) is 26.8 Å². The summed E-state index contributed by atoms with van der Waals surface area (Å²) in [6.07, 6.45) is 0.357. The first-order valence-corrected chi connectivity index (χ1v) is 7.31. The molecule has 0 spiro atoms. The Bertz CT molecular complexity index is 472. The first kappa shape index (κ1) is 17.6. The van der Waals surface area contributed by atoms with Crippen molar-refractivity contribution >= 4 is 17.7 Å². The summed E-state index contributed by atoms with van der Waals surface area (Å²) in [5.41, 5.74) is 0.273. The minimum absolute atomic E-state index is 0.110. The van der Waals surface area contributed by atoms with Crippen molar-refractivity contribution in [2.24, 2.45) is 0 Å². The molecule has 6 heteroatoms. The van der Waals surface area contributed by atoms with Crippen LogP contribution in [0.5, 0.6) is 5.75 Å².